The predicted octanol–water partition coefficient (Wildman–Crippen LogP) is 3.87. The maximum atomic E-state index is 12.3. The summed E-state index contributed by atoms with van der Waals surface area (Å²) in [6, 6.07) is 0. The number of hydrogen-bond acceptors (Lipinski definition) is 13. The molecule has 0 unspecified atom stereocenters. The van der Waals surface area contributed by atoms with Crippen LogP contribution in [0.4, 0.5) is 0 Å². The highest BCUT2D eigenvalue weighted by Crippen LogP contribution is 2.26. The van der Waals surface area contributed by atoms with Crippen LogP contribution in [0.1, 0.15) is 98.8 Å². The number of hydrogen-bond donors (Lipinski definition) is 0. The maximum Gasteiger partial charge on any atom is 0.305 e. The van der Waals surface area contributed by atoms with Crippen molar-refractivity contribution in [3.05, 3.63) is 0 Å². The zero-order valence-corrected chi connectivity index (χ0v) is 27.1. The van der Waals surface area contributed by atoms with Crippen LogP contribution in [0.15, 0.2) is 0 Å². The summed E-state index contributed by atoms with van der Waals surface area (Å²) < 4.78 is 38.4. The van der Waals surface area contributed by atoms with Gasteiger partial charge in [-0.05, 0) is 32.1 Å². The molecule has 0 saturated carbocycles. The Bertz CT molecular complexity index is 794. The fraction of sp³-hybridized carbons (Fsp3) is 0.806. The molecule has 0 N–H and O–H groups in total. The minimum Gasteiger partial charge on any atom is -0.467 e. The van der Waals surface area contributed by atoms with E-state index in [1.165, 1.54) is 0 Å². The Morgan fingerprint density at radius 1 is 0.432 bits per heavy atom. The predicted molar refractivity (Wildman–Crippen MR) is 157 cm³/mol. The van der Waals surface area contributed by atoms with Crippen molar-refractivity contribution in [3.8, 4) is 0 Å². The van der Waals surface area contributed by atoms with E-state index in [-0.39, 0.29) is 91.4 Å². The molecule has 0 aliphatic rings. The minimum absolute atomic E-state index is 0.152. The molecule has 0 aromatic rings. The molecule has 0 radical (unpaired) electrons. The fourth-order valence-corrected chi connectivity index (χ4v) is 3.74. The molecule has 13 heteroatoms. The summed E-state index contributed by atoms with van der Waals surface area (Å²) in [6.07, 6.45) is 3.50. The van der Waals surface area contributed by atoms with Crippen molar-refractivity contribution in [2.75, 3.05) is 52.9 Å². The van der Waals surface area contributed by atoms with Gasteiger partial charge in [-0.3, -0.25) is 28.8 Å². The van der Waals surface area contributed by atoms with Gasteiger partial charge in [-0.15, -0.1) is 0 Å². The van der Waals surface area contributed by atoms with Gasteiger partial charge in [-0.25, -0.2) is 0 Å². The lowest BCUT2D eigenvalue weighted by atomic mass is 9.90. The van der Waals surface area contributed by atoms with E-state index in [1.807, 2.05) is 34.6 Å². The average molecular weight is 633 g/mol. The number of esters is 5. The fourth-order valence-electron chi connectivity index (χ4n) is 3.74. The van der Waals surface area contributed by atoms with Gasteiger partial charge in [0.25, 0.3) is 6.47 Å². The summed E-state index contributed by atoms with van der Waals surface area (Å²) >= 11 is 0. The van der Waals surface area contributed by atoms with Crippen LogP contribution in [0.5, 0.6) is 0 Å². The average Bonchev–Trinajstić information content (AvgIpc) is 2.99. The summed E-state index contributed by atoms with van der Waals surface area (Å²) in [5.41, 5.74) is -2.60. The maximum absolute atomic E-state index is 12.3. The van der Waals surface area contributed by atoms with Gasteiger partial charge in [0.15, 0.2) is 0 Å². The monoisotopic (exact) mass is 632 g/mol. The molecule has 0 bridgehead atoms. The van der Waals surface area contributed by atoms with E-state index in [1.54, 1.807) is 0 Å². The van der Waals surface area contributed by atoms with Crippen LogP contribution in [-0.4, -0.2) is 89.2 Å². The number of ether oxygens (including phenoxy) is 7. The van der Waals surface area contributed by atoms with Gasteiger partial charge in [-0.1, -0.05) is 34.6 Å². The SMILES string of the molecule is CCCC(=O)OCC(COC=O)(COCC(COC(=O)CCC)(COC(=O)CCC)COC(=O)CCC)COC(=O)CCC. The minimum atomic E-state index is -1.30. The van der Waals surface area contributed by atoms with Gasteiger partial charge in [0.2, 0.25) is 0 Å². The van der Waals surface area contributed by atoms with Crippen molar-refractivity contribution in [1.29, 1.82) is 0 Å². The van der Waals surface area contributed by atoms with Crippen molar-refractivity contribution in [1.82, 2.24) is 0 Å². The van der Waals surface area contributed by atoms with Crippen LogP contribution in [-0.2, 0) is 61.9 Å². The normalized spacial score (nSPS) is 11.3. The first-order valence-corrected chi connectivity index (χ1v) is 15.5. The lowest BCUT2D eigenvalue weighted by Crippen LogP contribution is -2.47. The molecule has 0 aromatic heterocycles. The molecule has 0 fully saturated rings. The summed E-state index contributed by atoms with van der Waals surface area (Å²) in [4.78, 5) is 72.5. The molecule has 0 aliphatic carbocycles. The van der Waals surface area contributed by atoms with Gasteiger partial charge in [-0.2, -0.15) is 0 Å². The summed E-state index contributed by atoms with van der Waals surface area (Å²) in [7, 11) is 0. The quantitative estimate of drug-likeness (QED) is 0.0728. The Labute approximate surface area is 260 Å². The summed E-state index contributed by atoms with van der Waals surface area (Å²) in [5.74, 6) is -2.46. The van der Waals surface area contributed by atoms with Crippen molar-refractivity contribution < 1.29 is 61.9 Å². The molecule has 13 nitrogen and oxygen atoms in total. The van der Waals surface area contributed by atoms with Gasteiger partial charge in [0, 0.05) is 32.1 Å². The first-order chi connectivity index (χ1) is 21.0. The van der Waals surface area contributed by atoms with Gasteiger partial charge < -0.3 is 33.2 Å². The molecular formula is C31H52O13. The molecule has 0 amide bonds. The second-order valence-electron chi connectivity index (χ2n) is 11.0. The Balaban J connectivity index is 6.24. The molecule has 254 valence electrons. The van der Waals surface area contributed by atoms with Crippen LogP contribution in [0.25, 0.3) is 0 Å². The van der Waals surface area contributed by atoms with E-state index in [4.69, 9.17) is 33.2 Å². The highest BCUT2D eigenvalue weighted by atomic mass is 16.6. The van der Waals surface area contributed by atoms with Crippen LogP contribution < -0.4 is 0 Å². The van der Waals surface area contributed by atoms with Crippen molar-refractivity contribution in [3.63, 3.8) is 0 Å². The topological polar surface area (TPSA) is 167 Å². The summed E-state index contributed by atoms with van der Waals surface area (Å²) in [6.45, 7) is 7.01. The highest BCUT2D eigenvalue weighted by molar-refractivity contribution is 5.71. The standard InChI is InChI=1S/C31H52O13/c1-6-11-25(33)40-19-30(18-39-24-32,20-41-26(34)12-7-2)16-38-17-31(21-42-27(35)13-8-3,22-43-28(36)14-9-4)23-44-29(37)15-10-5/h24H,6-23H2,1-5H3. The van der Waals surface area contributed by atoms with Crippen LogP contribution in [0, 0.1) is 10.8 Å². The van der Waals surface area contributed by atoms with Gasteiger partial charge >= 0.3 is 29.8 Å². The Morgan fingerprint density at radius 3 is 0.909 bits per heavy atom. The third kappa shape index (κ3) is 18.4. The Morgan fingerprint density at radius 2 is 0.682 bits per heavy atom. The van der Waals surface area contributed by atoms with Gasteiger partial charge in [0.1, 0.15) is 39.6 Å². The van der Waals surface area contributed by atoms with E-state index in [0.717, 1.165) is 0 Å². The molecule has 0 saturated heterocycles. The van der Waals surface area contributed by atoms with E-state index in [2.05, 4.69) is 0 Å². The second kappa shape index (κ2) is 24.1. The molecular weight excluding hydrogens is 580 g/mol. The molecule has 0 rings (SSSR count). The van der Waals surface area contributed by atoms with E-state index >= 15 is 0 Å². The molecule has 0 aromatic carbocycles. The lowest BCUT2D eigenvalue weighted by molar-refractivity contribution is -0.173. The number of carbonyl (C=O) groups excluding carboxylic acids is 6. The third-order valence-corrected chi connectivity index (χ3v) is 6.24. The van der Waals surface area contributed by atoms with Gasteiger partial charge in [0.05, 0.1) is 24.0 Å². The molecule has 0 aliphatic heterocycles. The van der Waals surface area contributed by atoms with Crippen molar-refractivity contribution in [2.45, 2.75) is 98.8 Å². The third-order valence-electron chi connectivity index (χ3n) is 6.24. The van der Waals surface area contributed by atoms with E-state index < -0.39 is 40.7 Å². The zero-order valence-electron chi connectivity index (χ0n) is 27.1. The lowest BCUT2D eigenvalue weighted by Gasteiger charge is -2.35. The first-order valence-electron chi connectivity index (χ1n) is 15.5. The molecule has 0 atom stereocenters. The van der Waals surface area contributed by atoms with Crippen molar-refractivity contribution in [2.24, 2.45) is 10.8 Å². The van der Waals surface area contributed by atoms with Crippen LogP contribution in [0.3, 0.4) is 0 Å². The summed E-state index contributed by atoms with van der Waals surface area (Å²) in [5, 5.41) is 0. The smallest absolute Gasteiger partial charge is 0.305 e. The van der Waals surface area contributed by atoms with Crippen LogP contribution in [0.2, 0.25) is 0 Å². The number of rotatable bonds is 27. The van der Waals surface area contributed by atoms with Crippen molar-refractivity contribution >= 4 is 36.3 Å². The molecule has 44 heavy (non-hydrogen) atoms. The largest absolute Gasteiger partial charge is 0.467 e. The van der Waals surface area contributed by atoms with E-state index in [0.29, 0.717) is 32.1 Å². The Kier molecular flexibility index (Phi) is 22.4. The second-order valence-corrected chi connectivity index (χ2v) is 11.0. The zero-order chi connectivity index (χ0) is 33.3. The van der Waals surface area contributed by atoms with E-state index in [9.17, 15) is 28.8 Å². The Hall–Kier alpha value is -3.22. The highest BCUT2D eigenvalue weighted by Gasteiger charge is 2.40. The number of carbonyl (C=O) groups is 6. The van der Waals surface area contributed by atoms with Crippen LogP contribution >= 0.6 is 0 Å². The molecule has 0 heterocycles. The molecule has 0 spiro atoms. The first kappa shape index (κ1) is 40.8.